The molecule has 126 valence electrons. The van der Waals surface area contributed by atoms with Gasteiger partial charge in [0.1, 0.15) is 5.69 Å². The second-order valence-corrected chi connectivity index (χ2v) is 10.9. The molecule has 2 N–H and O–H groups in total. The van der Waals surface area contributed by atoms with E-state index in [2.05, 4.69) is 14.9 Å². The van der Waals surface area contributed by atoms with Gasteiger partial charge in [0.2, 0.25) is 10.0 Å². The third-order valence-corrected chi connectivity index (χ3v) is 8.29. The number of H-pyrrole nitrogens is 1. The first-order chi connectivity index (χ1) is 10.7. The highest BCUT2D eigenvalue weighted by molar-refractivity contribution is 7.92. The molecule has 1 saturated heterocycles. The summed E-state index contributed by atoms with van der Waals surface area (Å²) >= 11 is 1.35. The van der Waals surface area contributed by atoms with Gasteiger partial charge < -0.3 is 0 Å². The molecule has 7 nitrogen and oxygen atoms in total. The highest BCUT2D eigenvalue weighted by Gasteiger charge is 2.32. The molecule has 0 spiro atoms. The van der Waals surface area contributed by atoms with Gasteiger partial charge in [-0.05, 0) is 32.4 Å². The van der Waals surface area contributed by atoms with Crippen LogP contribution in [0.3, 0.4) is 0 Å². The summed E-state index contributed by atoms with van der Waals surface area (Å²) in [4.78, 5) is 1.59. The predicted molar refractivity (Wildman–Crippen MR) is 88.8 cm³/mol. The summed E-state index contributed by atoms with van der Waals surface area (Å²) in [5.41, 5.74) is 1.59. The molecule has 1 aliphatic heterocycles. The van der Waals surface area contributed by atoms with Gasteiger partial charge in [-0.3, -0.25) is 5.10 Å². The second kappa shape index (κ2) is 5.69. The lowest BCUT2D eigenvalue weighted by Gasteiger charge is -2.11. The fourth-order valence-corrected chi connectivity index (χ4v) is 7.17. The van der Waals surface area contributed by atoms with Crippen LogP contribution in [0, 0.1) is 13.8 Å². The fourth-order valence-electron chi connectivity index (χ4n) is 2.57. The van der Waals surface area contributed by atoms with Crippen LogP contribution in [0.5, 0.6) is 0 Å². The number of thiophene rings is 1. The minimum absolute atomic E-state index is 0.0284. The number of rotatable bonds is 4. The molecule has 0 amide bonds. The third kappa shape index (κ3) is 3.49. The predicted octanol–water partition coefficient (Wildman–Crippen LogP) is 1.22. The SMILES string of the molecule is Cc1cc(-c2cc(S(=O)(=O)N[C@H]3CCS(=O)(=O)C3)c(C)s2)n[nH]1. The van der Waals surface area contributed by atoms with Gasteiger partial charge in [0, 0.05) is 16.6 Å². The highest BCUT2D eigenvalue weighted by atomic mass is 32.2. The van der Waals surface area contributed by atoms with Crippen molar-refractivity contribution in [3.05, 3.63) is 22.7 Å². The maximum absolute atomic E-state index is 12.5. The Morgan fingerprint density at radius 1 is 1.35 bits per heavy atom. The molecule has 1 fully saturated rings. The number of sulfone groups is 1. The van der Waals surface area contributed by atoms with Crippen LogP contribution in [-0.4, -0.2) is 44.6 Å². The van der Waals surface area contributed by atoms with Gasteiger partial charge in [-0.15, -0.1) is 11.3 Å². The van der Waals surface area contributed by atoms with Gasteiger partial charge in [0.25, 0.3) is 0 Å². The molecule has 0 aliphatic carbocycles. The third-order valence-electron chi connectivity index (χ3n) is 3.67. The molecule has 0 bridgehead atoms. The molecule has 0 unspecified atom stereocenters. The minimum atomic E-state index is -3.75. The van der Waals surface area contributed by atoms with E-state index in [1.54, 1.807) is 13.0 Å². The molecule has 0 aromatic carbocycles. The van der Waals surface area contributed by atoms with E-state index in [4.69, 9.17) is 0 Å². The summed E-state index contributed by atoms with van der Waals surface area (Å²) in [6.45, 7) is 3.60. The van der Waals surface area contributed by atoms with Crippen molar-refractivity contribution in [2.45, 2.75) is 31.2 Å². The molecule has 0 radical (unpaired) electrons. The van der Waals surface area contributed by atoms with E-state index in [1.165, 1.54) is 11.3 Å². The van der Waals surface area contributed by atoms with E-state index >= 15 is 0 Å². The summed E-state index contributed by atoms with van der Waals surface area (Å²) in [5, 5.41) is 6.96. The number of hydrogen-bond acceptors (Lipinski definition) is 6. The number of aromatic nitrogens is 2. The number of nitrogens with zero attached hydrogens (tertiary/aromatic N) is 1. The van der Waals surface area contributed by atoms with Crippen LogP contribution in [-0.2, 0) is 19.9 Å². The molecule has 1 atom stereocenters. The van der Waals surface area contributed by atoms with Crippen LogP contribution in [0.15, 0.2) is 17.0 Å². The van der Waals surface area contributed by atoms with E-state index in [1.807, 2.05) is 13.0 Å². The zero-order chi connectivity index (χ0) is 16.8. The maximum atomic E-state index is 12.5. The van der Waals surface area contributed by atoms with Gasteiger partial charge in [0.15, 0.2) is 9.84 Å². The zero-order valence-electron chi connectivity index (χ0n) is 12.7. The van der Waals surface area contributed by atoms with Crippen LogP contribution in [0.1, 0.15) is 17.0 Å². The molecule has 3 rings (SSSR count). The van der Waals surface area contributed by atoms with Crippen molar-refractivity contribution in [2.75, 3.05) is 11.5 Å². The van der Waals surface area contributed by atoms with Crippen LogP contribution < -0.4 is 4.72 Å². The average molecular weight is 375 g/mol. The quantitative estimate of drug-likeness (QED) is 0.835. The summed E-state index contributed by atoms with van der Waals surface area (Å²) in [7, 11) is -6.88. The Morgan fingerprint density at radius 3 is 2.65 bits per heavy atom. The smallest absolute Gasteiger partial charge is 0.241 e. The lowest BCUT2D eigenvalue weighted by molar-refractivity contribution is 0.562. The van der Waals surface area contributed by atoms with Crippen molar-refractivity contribution >= 4 is 31.2 Å². The van der Waals surface area contributed by atoms with E-state index in [0.717, 1.165) is 10.6 Å². The summed E-state index contributed by atoms with van der Waals surface area (Å²) in [5.74, 6) is -0.110. The van der Waals surface area contributed by atoms with Crippen molar-refractivity contribution in [3.8, 4) is 10.6 Å². The Hall–Kier alpha value is -1.23. The number of aromatic amines is 1. The Labute approximate surface area is 139 Å². The van der Waals surface area contributed by atoms with Crippen molar-refractivity contribution in [2.24, 2.45) is 0 Å². The average Bonchev–Trinajstić information content (AvgIpc) is 3.09. The number of nitrogens with one attached hydrogen (secondary N) is 2. The molecular weight excluding hydrogens is 358 g/mol. The second-order valence-electron chi connectivity index (χ2n) is 5.69. The molecule has 2 aromatic rings. The number of aryl methyl sites for hydroxylation is 2. The van der Waals surface area contributed by atoms with Crippen molar-refractivity contribution in [3.63, 3.8) is 0 Å². The summed E-state index contributed by atoms with van der Waals surface area (Å²) < 4.78 is 50.5. The Morgan fingerprint density at radius 2 is 2.09 bits per heavy atom. The van der Waals surface area contributed by atoms with Crippen molar-refractivity contribution in [1.82, 2.24) is 14.9 Å². The topological polar surface area (TPSA) is 109 Å². The van der Waals surface area contributed by atoms with Gasteiger partial charge in [-0.2, -0.15) is 5.10 Å². The molecule has 3 heterocycles. The molecule has 1 aliphatic rings. The van der Waals surface area contributed by atoms with E-state index in [0.29, 0.717) is 17.0 Å². The van der Waals surface area contributed by atoms with E-state index < -0.39 is 25.9 Å². The monoisotopic (exact) mass is 375 g/mol. The van der Waals surface area contributed by atoms with Crippen LogP contribution in [0.25, 0.3) is 10.6 Å². The standard InChI is InChI=1S/C13H17N3O4S3/c1-8-5-11(15-14-8)12-6-13(9(2)21-12)23(19,20)16-10-3-4-22(17,18)7-10/h5-6,10,16H,3-4,7H2,1-2H3,(H,14,15)/t10-/m0/s1. The van der Waals surface area contributed by atoms with Crippen LogP contribution in [0.4, 0.5) is 0 Å². The Kier molecular flexibility index (Phi) is 4.11. The fraction of sp³-hybridized carbons (Fsp3) is 0.462. The van der Waals surface area contributed by atoms with E-state index in [9.17, 15) is 16.8 Å². The largest absolute Gasteiger partial charge is 0.282 e. The van der Waals surface area contributed by atoms with E-state index in [-0.39, 0.29) is 16.4 Å². The van der Waals surface area contributed by atoms with Gasteiger partial charge >= 0.3 is 0 Å². The minimum Gasteiger partial charge on any atom is -0.282 e. The first-order valence-electron chi connectivity index (χ1n) is 7.02. The Balaban J connectivity index is 1.87. The van der Waals surface area contributed by atoms with Crippen LogP contribution >= 0.6 is 11.3 Å². The first kappa shape index (κ1) is 16.6. The lowest BCUT2D eigenvalue weighted by atomic mass is 10.3. The normalized spacial score (nSPS) is 20.9. The molecule has 2 aromatic heterocycles. The van der Waals surface area contributed by atoms with Gasteiger partial charge in [-0.1, -0.05) is 0 Å². The summed E-state index contributed by atoms with van der Waals surface area (Å²) in [6.07, 6.45) is 0.316. The van der Waals surface area contributed by atoms with Gasteiger partial charge in [-0.25, -0.2) is 21.6 Å². The maximum Gasteiger partial charge on any atom is 0.241 e. The highest BCUT2D eigenvalue weighted by Crippen LogP contribution is 2.33. The summed E-state index contributed by atoms with van der Waals surface area (Å²) in [6, 6.07) is 2.88. The molecule has 10 heteroatoms. The Bertz CT molecular complexity index is 941. The lowest BCUT2D eigenvalue weighted by Crippen LogP contribution is -2.35. The molecule has 23 heavy (non-hydrogen) atoms. The zero-order valence-corrected chi connectivity index (χ0v) is 15.1. The van der Waals surface area contributed by atoms with Crippen molar-refractivity contribution in [1.29, 1.82) is 0 Å². The molecule has 0 saturated carbocycles. The van der Waals surface area contributed by atoms with Crippen LogP contribution in [0.2, 0.25) is 0 Å². The number of hydrogen-bond donors (Lipinski definition) is 2. The first-order valence-corrected chi connectivity index (χ1v) is 11.1. The number of sulfonamides is 1. The van der Waals surface area contributed by atoms with Gasteiger partial charge in [0.05, 0.1) is 21.3 Å². The van der Waals surface area contributed by atoms with Crippen molar-refractivity contribution < 1.29 is 16.8 Å². The molecular formula is C13H17N3O4S3.